The third-order valence-electron chi connectivity index (χ3n) is 3.00. The number of nitriles is 1. The SMILES string of the molecule is CC(C)(C)CN(CCC#N)S(=O)(=O)c1ccc(F)c(C(F)(F)F)c1. The molecule has 0 aromatic heterocycles. The molecule has 0 spiro atoms. The second-order valence-electron chi connectivity index (χ2n) is 6.45. The van der Waals surface area contributed by atoms with E-state index in [9.17, 15) is 26.0 Å². The zero-order chi connectivity index (χ0) is 18.8. The van der Waals surface area contributed by atoms with Crippen molar-refractivity contribution in [3.63, 3.8) is 0 Å². The number of halogens is 4. The maximum atomic E-state index is 13.4. The highest BCUT2D eigenvalue weighted by Crippen LogP contribution is 2.33. The van der Waals surface area contributed by atoms with Crippen molar-refractivity contribution in [3.05, 3.63) is 29.6 Å². The number of sulfonamides is 1. The Morgan fingerprint density at radius 3 is 2.25 bits per heavy atom. The highest BCUT2D eigenvalue weighted by Gasteiger charge is 2.36. The van der Waals surface area contributed by atoms with E-state index in [1.165, 1.54) is 0 Å². The first-order valence-electron chi connectivity index (χ1n) is 7.03. The molecule has 1 aromatic carbocycles. The summed E-state index contributed by atoms with van der Waals surface area (Å²) in [7, 11) is -4.29. The normalized spacial score (nSPS) is 13.1. The van der Waals surface area contributed by atoms with Gasteiger partial charge in [-0.3, -0.25) is 0 Å². The number of nitrogens with zero attached hydrogens (tertiary/aromatic N) is 2. The molecule has 0 atom stereocenters. The fourth-order valence-electron chi connectivity index (χ4n) is 2.02. The van der Waals surface area contributed by atoms with Gasteiger partial charge in [0.25, 0.3) is 0 Å². The Morgan fingerprint density at radius 1 is 1.21 bits per heavy atom. The van der Waals surface area contributed by atoms with Crippen LogP contribution in [0.15, 0.2) is 23.1 Å². The predicted octanol–water partition coefficient (Wildman–Crippen LogP) is 3.79. The van der Waals surface area contributed by atoms with Crippen molar-refractivity contribution in [1.82, 2.24) is 4.31 Å². The van der Waals surface area contributed by atoms with Crippen LogP contribution in [0, 0.1) is 22.6 Å². The van der Waals surface area contributed by atoms with Gasteiger partial charge in [0.15, 0.2) is 0 Å². The molecule has 0 aliphatic heterocycles. The standard InChI is InChI=1S/C15H18F4N2O2S/c1-14(2,3)10-21(8-4-7-20)24(22,23)11-5-6-13(16)12(9-11)15(17,18)19/h5-6,9H,4,8,10H2,1-3H3. The number of alkyl halides is 3. The fraction of sp³-hybridized carbons (Fsp3) is 0.533. The maximum absolute atomic E-state index is 13.4. The van der Waals surface area contributed by atoms with Crippen molar-refractivity contribution in [3.8, 4) is 6.07 Å². The average Bonchev–Trinajstić information content (AvgIpc) is 2.41. The van der Waals surface area contributed by atoms with Gasteiger partial charge in [-0.1, -0.05) is 20.8 Å². The van der Waals surface area contributed by atoms with Gasteiger partial charge < -0.3 is 0 Å². The van der Waals surface area contributed by atoms with E-state index in [1.54, 1.807) is 26.8 Å². The summed E-state index contributed by atoms with van der Waals surface area (Å²) >= 11 is 0. The van der Waals surface area contributed by atoms with E-state index in [2.05, 4.69) is 0 Å². The fourth-order valence-corrected chi connectivity index (χ4v) is 3.71. The Kier molecular flexibility index (Phi) is 6.00. The number of hydrogen-bond acceptors (Lipinski definition) is 3. The Balaban J connectivity index is 3.36. The second-order valence-corrected chi connectivity index (χ2v) is 8.38. The average molecular weight is 366 g/mol. The van der Waals surface area contributed by atoms with Crippen LogP contribution in [-0.2, 0) is 16.2 Å². The first-order valence-corrected chi connectivity index (χ1v) is 8.47. The lowest BCUT2D eigenvalue weighted by molar-refractivity contribution is -0.140. The van der Waals surface area contributed by atoms with Crippen molar-refractivity contribution >= 4 is 10.0 Å². The van der Waals surface area contributed by atoms with Crippen LogP contribution < -0.4 is 0 Å². The van der Waals surface area contributed by atoms with E-state index in [-0.39, 0.29) is 25.6 Å². The van der Waals surface area contributed by atoms with E-state index < -0.39 is 37.9 Å². The molecule has 0 saturated heterocycles. The van der Waals surface area contributed by atoms with Crippen LogP contribution in [0.2, 0.25) is 0 Å². The van der Waals surface area contributed by atoms with Crippen molar-refractivity contribution in [2.75, 3.05) is 13.1 Å². The summed E-state index contributed by atoms with van der Waals surface area (Å²) in [6.07, 6.45) is -5.11. The van der Waals surface area contributed by atoms with Crippen molar-refractivity contribution in [1.29, 1.82) is 5.26 Å². The van der Waals surface area contributed by atoms with Crippen LogP contribution in [0.25, 0.3) is 0 Å². The highest BCUT2D eigenvalue weighted by atomic mass is 32.2. The van der Waals surface area contributed by atoms with E-state index in [0.717, 1.165) is 10.4 Å². The van der Waals surface area contributed by atoms with Gasteiger partial charge in [0.05, 0.1) is 16.5 Å². The van der Waals surface area contributed by atoms with Crippen LogP contribution in [0.3, 0.4) is 0 Å². The van der Waals surface area contributed by atoms with Crippen molar-refractivity contribution in [2.24, 2.45) is 5.41 Å². The lowest BCUT2D eigenvalue weighted by atomic mass is 9.97. The lowest BCUT2D eigenvalue weighted by Gasteiger charge is -2.29. The molecule has 1 rings (SSSR count). The summed E-state index contributed by atoms with van der Waals surface area (Å²) in [4.78, 5) is -0.654. The quantitative estimate of drug-likeness (QED) is 0.745. The van der Waals surface area contributed by atoms with Crippen LogP contribution in [-0.4, -0.2) is 25.8 Å². The predicted molar refractivity (Wildman–Crippen MR) is 79.8 cm³/mol. The van der Waals surface area contributed by atoms with Gasteiger partial charge >= 0.3 is 6.18 Å². The van der Waals surface area contributed by atoms with Crippen LogP contribution in [0.5, 0.6) is 0 Å². The van der Waals surface area contributed by atoms with Crippen LogP contribution in [0.1, 0.15) is 32.8 Å². The minimum absolute atomic E-state index is 0.00966. The second kappa shape index (κ2) is 7.07. The zero-order valence-electron chi connectivity index (χ0n) is 13.5. The molecule has 1 aromatic rings. The van der Waals surface area contributed by atoms with Crippen LogP contribution >= 0.6 is 0 Å². The Bertz CT molecular complexity index is 731. The van der Waals surface area contributed by atoms with E-state index in [0.29, 0.717) is 6.07 Å². The molecule has 134 valence electrons. The summed E-state index contributed by atoms with van der Waals surface area (Å²) in [6, 6.07) is 3.37. The van der Waals surface area contributed by atoms with E-state index >= 15 is 0 Å². The molecule has 9 heteroatoms. The molecule has 0 fully saturated rings. The molecule has 0 aliphatic rings. The Morgan fingerprint density at radius 2 is 1.79 bits per heavy atom. The third-order valence-corrected chi connectivity index (χ3v) is 4.85. The molecular formula is C15H18F4N2O2S. The summed E-state index contributed by atoms with van der Waals surface area (Å²) < 4.78 is 78.0. The summed E-state index contributed by atoms with van der Waals surface area (Å²) in [5.41, 5.74) is -2.12. The van der Waals surface area contributed by atoms with Gasteiger partial charge in [0.2, 0.25) is 10.0 Å². The highest BCUT2D eigenvalue weighted by molar-refractivity contribution is 7.89. The number of hydrogen-bond donors (Lipinski definition) is 0. The Hall–Kier alpha value is -1.66. The lowest BCUT2D eigenvalue weighted by Crippen LogP contribution is -2.38. The molecule has 0 heterocycles. The first-order chi connectivity index (χ1) is 10.8. The van der Waals surface area contributed by atoms with Crippen molar-refractivity contribution < 1.29 is 26.0 Å². The van der Waals surface area contributed by atoms with Gasteiger partial charge in [-0.15, -0.1) is 0 Å². The molecule has 0 saturated carbocycles. The topological polar surface area (TPSA) is 61.2 Å². The van der Waals surface area contributed by atoms with E-state index in [1.807, 2.05) is 0 Å². The van der Waals surface area contributed by atoms with Gasteiger partial charge in [-0.25, -0.2) is 12.8 Å². The Labute approximate surface area is 138 Å². The smallest absolute Gasteiger partial charge is 0.207 e. The van der Waals surface area contributed by atoms with Gasteiger partial charge in [-0.2, -0.15) is 22.7 Å². The minimum atomic E-state index is -5.00. The third kappa shape index (κ3) is 5.18. The molecule has 24 heavy (non-hydrogen) atoms. The minimum Gasteiger partial charge on any atom is -0.207 e. The summed E-state index contributed by atoms with van der Waals surface area (Å²) in [6.45, 7) is 5.12. The number of rotatable bonds is 5. The monoisotopic (exact) mass is 366 g/mol. The molecule has 0 unspecified atom stereocenters. The summed E-state index contributed by atoms with van der Waals surface area (Å²) in [5, 5.41) is 8.67. The molecule has 0 N–H and O–H groups in total. The van der Waals surface area contributed by atoms with E-state index in [4.69, 9.17) is 5.26 Å². The van der Waals surface area contributed by atoms with Gasteiger partial charge in [0, 0.05) is 19.5 Å². The van der Waals surface area contributed by atoms with Gasteiger partial charge in [0.1, 0.15) is 5.82 Å². The molecule has 0 amide bonds. The van der Waals surface area contributed by atoms with Gasteiger partial charge in [-0.05, 0) is 23.6 Å². The molecular weight excluding hydrogens is 348 g/mol. The molecule has 0 aliphatic carbocycles. The number of benzene rings is 1. The first kappa shape index (κ1) is 20.4. The maximum Gasteiger partial charge on any atom is 0.419 e. The van der Waals surface area contributed by atoms with Crippen molar-refractivity contribution in [2.45, 2.75) is 38.3 Å². The largest absolute Gasteiger partial charge is 0.419 e. The van der Waals surface area contributed by atoms with Crippen LogP contribution in [0.4, 0.5) is 17.6 Å². The summed E-state index contributed by atoms with van der Waals surface area (Å²) in [5.74, 6) is -1.54. The molecule has 4 nitrogen and oxygen atoms in total. The molecule has 0 bridgehead atoms. The molecule has 0 radical (unpaired) electrons. The zero-order valence-corrected chi connectivity index (χ0v) is 14.3.